The van der Waals surface area contributed by atoms with Gasteiger partial charge in [0, 0.05) is 19.2 Å². The molecule has 0 atom stereocenters. The lowest BCUT2D eigenvalue weighted by Crippen LogP contribution is -2.22. The molecule has 0 spiro atoms. The van der Waals surface area contributed by atoms with Gasteiger partial charge < -0.3 is 14.3 Å². The van der Waals surface area contributed by atoms with Crippen molar-refractivity contribution >= 4 is 28.7 Å². The van der Waals surface area contributed by atoms with Crippen LogP contribution in [0.3, 0.4) is 0 Å². The van der Waals surface area contributed by atoms with Gasteiger partial charge in [-0.1, -0.05) is 23.9 Å². The fraction of sp³-hybridized carbons (Fsp3) is 0.250. The quantitative estimate of drug-likeness (QED) is 0.711. The van der Waals surface area contributed by atoms with Gasteiger partial charge in [0.05, 0.1) is 23.8 Å². The highest BCUT2D eigenvalue weighted by atomic mass is 32.2. The number of nitrogens with one attached hydrogen (secondary N) is 1. The van der Waals surface area contributed by atoms with Crippen molar-refractivity contribution in [3.05, 3.63) is 48.4 Å². The smallest absolute Gasteiger partial charge is 0.221 e. The standard InChI is InChI=1S/C16H17N3O2S/c1-19-14-7-3-2-6-13(14)18-16(19)22-10-8-15(20)17-11-12-5-4-9-21-12/h2-7,9H,8,10-11H2,1H3,(H,17,20). The molecule has 22 heavy (non-hydrogen) atoms. The first-order chi connectivity index (χ1) is 10.7. The lowest BCUT2D eigenvalue weighted by atomic mass is 10.3. The first-order valence-corrected chi connectivity index (χ1v) is 8.06. The minimum Gasteiger partial charge on any atom is -0.467 e. The highest BCUT2D eigenvalue weighted by Gasteiger charge is 2.09. The maximum atomic E-state index is 11.8. The second-order valence-corrected chi connectivity index (χ2v) is 5.96. The molecule has 5 nitrogen and oxygen atoms in total. The zero-order chi connectivity index (χ0) is 15.4. The number of aryl methyl sites for hydroxylation is 1. The number of hydrogen-bond acceptors (Lipinski definition) is 4. The summed E-state index contributed by atoms with van der Waals surface area (Å²) in [7, 11) is 1.99. The fourth-order valence-corrected chi connectivity index (χ4v) is 3.10. The summed E-state index contributed by atoms with van der Waals surface area (Å²) >= 11 is 1.59. The Bertz CT molecular complexity index is 765. The molecule has 2 aromatic heterocycles. The molecule has 0 fully saturated rings. The van der Waals surface area contributed by atoms with Gasteiger partial charge in [-0.15, -0.1) is 0 Å². The van der Waals surface area contributed by atoms with Gasteiger partial charge in [0.15, 0.2) is 5.16 Å². The maximum Gasteiger partial charge on any atom is 0.221 e. The molecule has 0 saturated heterocycles. The van der Waals surface area contributed by atoms with Crippen molar-refractivity contribution in [1.29, 1.82) is 0 Å². The highest BCUT2D eigenvalue weighted by molar-refractivity contribution is 7.99. The van der Waals surface area contributed by atoms with E-state index in [1.807, 2.05) is 43.4 Å². The summed E-state index contributed by atoms with van der Waals surface area (Å²) in [5.41, 5.74) is 2.09. The number of hydrogen-bond donors (Lipinski definition) is 1. The molecule has 0 unspecified atom stereocenters. The molecule has 3 aromatic rings. The van der Waals surface area contributed by atoms with Crippen molar-refractivity contribution in [2.45, 2.75) is 18.1 Å². The van der Waals surface area contributed by atoms with Gasteiger partial charge >= 0.3 is 0 Å². The topological polar surface area (TPSA) is 60.1 Å². The molecule has 1 amide bonds. The summed E-state index contributed by atoms with van der Waals surface area (Å²) in [4.78, 5) is 16.4. The maximum absolute atomic E-state index is 11.8. The summed E-state index contributed by atoms with van der Waals surface area (Å²) in [6.07, 6.45) is 2.05. The number of carbonyl (C=O) groups excluding carboxylic acids is 1. The summed E-state index contributed by atoms with van der Waals surface area (Å²) in [6, 6.07) is 11.7. The van der Waals surface area contributed by atoms with E-state index < -0.39 is 0 Å². The van der Waals surface area contributed by atoms with Gasteiger partial charge in [0.1, 0.15) is 5.76 Å². The number of nitrogens with zero attached hydrogens (tertiary/aromatic N) is 2. The number of imidazole rings is 1. The van der Waals surface area contributed by atoms with E-state index in [1.165, 1.54) is 0 Å². The van der Waals surface area contributed by atoms with Crippen LogP contribution >= 0.6 is 11.8 Å². The first kappa shape index (κ1) is 14.7. The molecule has 0 radical (unpaired) electrons. The SMILES string of the molecule is Cn1c(SCCC(=O)NCc2ccco2)nc2ccccc21. The Morgan fingerprint density at radius 2 is 2.18 bits per heavy atom. The molecule has 0 aliphatic rings. The number of rotatable bonds is 6. The Kier molecular flexibility index (Phi) is 4.48. The van der Waals surface area contributed by atoms with Gasteiger partial charge in [-0.25, -0.2) is 4.98 Å². The van der Waals surface area contributed by atoms with E-state index >= 15 is 0 Å². The molecular weight excluding hydrogens is 298 g/mol. The minimum atomic E-state index is 0.0164. The Hall–Kier alpha value is -2.21. The molecule has 0 bridgehead atoms. The van der Waals surface area contributed by atoms with Crippen molar-refractivity contribution in [3.63, 3.8) is 0 Å². The van der Waals surface area contributed by atoms with Crippen molar-refractivity contribution in [1.82, 2.24) is 14.9 Å². The van der Waals surface area contributed by atoms with Crippen molar-refractivity contribution in [2.75, 3.05) is 5.75 Å². The van der Waals surface area contributed by atoms with E-state index in [0.29, 0.717) is 18.7 Å². The van der Waals surface area contributed by atoms with E-state index in [4.69, 9.17) is 4.42 Å². The number of para-hydroxylation sites is 2. The van der Waals surface area contributed by atoms with Crippen LogP contribution in [-0.4, -0.2) is 21.2 Å². The van der Waals surface area contributed by atoms with E-state index in [1.54, 1.807) is 18.0 Å². The summed E-state index contributed by atoms with van der Waals surface area (Å²) in [5.74, 6) is 1.47. The number of carbonyl (C=O) groups is 1. The third kappa shape index (κ3) is 3.33. The third-order valence-electron chi connectivity index (χ3n) is 3.35. The predicted octanol–water partition coefficient (Wildman–Crippen LogP) is 2.96. The zero-order valence-electron chi connectivity index (χ0n) is 12.3. The van der Waals surface area contributed by atoms with E-state index in [9.17, 15) is 4.79 Å². The monoisotopic (exact) mass is 315 g/mol. The molecular formula is C16H17N3O2S. The molecule has 2 heterocycles. The van der Waals surface area contributed by atoms with Crippen LogP contribution in [0.1, 0.15) is 12.2 Å². The lowest BCUT2D eigenvalue weighted by molar-refractivity contribution is -0.120. The molecule has 1 N–H and O–H groups in total. The molecule has 0 aliphatic carbocycles. The average Bonchev–Trinajstić information content (AvgIpc) is 3.15. The second kappa shape index (κ2) is 6.70. The van der Waals surface area contributed by atoms with E-state index in [-0.39, 0.29) is 5.91 Å². The Morgan fingerprint density at radius 1 is 1.32 bits per heavy atom. The summed E-state index contributed by atoms with van der Waals surface area (Å²) in [6.45, 7) is 0.433. The van der Waals surface area contributed by atoms with Gasteiger partial charge in [-0.2, -0.15) is 0 Å². The van der Waals surface area contributed by atoms with E-state index in [2.05, 4.69) is 14.9 Å². The lowest BCUT2D eigenvalue weighted by Gasteiger charge is -2.04. The van der Waals surface area contributed by atoms with Crippen LogP contribution in [0.2, 0.25) is 0 Å². The number of amides is 1. The van der Waals surface area contributed by atoms with Crippen LogP contribution in [0, 0.1) is 0 Å². The van der Waals surface area contributed by atoms with Crippen LogP contribution in [0.15, 0.2) is 52.2 Å². The normalized spacial score (nSPS) is 11.0. The van der Waals surface area contributed by atoms with E-state index in [0.717, 1.165) is 22.0 Å². The number of fused-ring (bicyclic) bond motifs is 1. The Morgan fingerprint density at radius 3 is 2.95 bits per heavy atom. The van der Waals surface area contributed by atoms with Gasteiger partial charge in [-0.05, 0) is 24.3 Å². The minimum absolute atomic E-state index is 0.0164. The van der Waals surface area contributed by atoms with Crippen LogP contribution in [-0.2, 0) is 18.4 Å². The van der Waals surface area contributed by atoms with Crippen LogP contribution in [0.25, 0.3) is 11.0 Å². The molecule has 0 saturated carbocycles. The van der Waals surface area contributed by atoms with Crippen molar-refractivity contribution < 1.29 is 9.21 Å². The second-order valence-electron chi connectivity index (χ2n) is 4.90. The number of benzene rings is 1. The highest BCUT2D eigenvalue weighted by Crippen LogP contribution is 2.22. The largest absolute Gasteiger partial charge is 0.467 e. The Labute approximate surface area is 132 Å². The predicted molar refractivity (Wildman–Crippen MR) is 86.6 cm³/mol. The van der Waals surface area contributed by atoms with Gasteiger partial charge in [0.2, 0.25) is 5.91 Å². The molecule has 114 valence electrons. The van der Waals surface area contributed by atoms with Crippen molar-refractivity contribution in [2.24, 2.45) is 7.05 Å². The Balaban J connectivity index is 1.49. The molecule has 6 heteroatoms. The number of thioether (sulfide) groups is 1. The van der Waals surface area contributed by atoms with Gasteiger partial charge in [-0.3, -0.25) is 4.79 Å². The molecule has 0 aliphatic heterocycles. The molecule has 3 rings (SSSR count). The number of furan rings is 1. The summed E-state index contributed by atoms with van der Waals surface area (Å²) < 4.78 is 7.23. The zero-order valence-corrected chi connectivity index (χ0v) is 13.1. The molecule has 1 aromatic carbocycles. The fourth-order valence-electron chi connectivity index (χ4n) is 2.17. The van der Waals surface area contributed by atoms with Crippen LogP contribution in [0.5, 0.6) is 0 Å². The number of aromatic nitrogens is 2. The average molecular weight is 315 g/mol. The summed E-state index contributed by atoms with van der Waals surface area (Å²) in [5, 5.41) is 3.77. The third-order valence-corrected chi connectivity index (χ3v) is 4.38. The van der Waals surface area contributed by atoms with Crippen LogP contribution < -0.4 is 5.32 Å². The van der Waals surface area contributed by atoms with Crippen LogP contribution in [0.4, 0.5) is 0 Å². The first-order valence-electron chi connectivity index (χ1n) is 7.07. The van der Waals surface area contributed by atoms with Gasteiger partial charge in [0.25, 0.3) is 0 Å². The van der Waals surface area contributed by atoms with Crippen molar-refractivity contribution in [3.8, 4) is 0 Å².